The van der Waals surface area contributed by atoms with Crippen LogP contribution in [0.2, 0.25) is 0 Å². The number of aromatic nitrogens is 2. The fourth-order valence-corrected chi connectivity index (χ4v) is 4.84. The van der Waals surface area contributed by atoms with Crippen molar-refractivity contribution in [3.8, 4) is 11.3 Å². The topological polar surface area (TPSA) is 72.3 Å². The largest absolute Gasteiger partial charge is 0.478 e. The van der Waals surface area contributed by atoms with Crippen molar-refractivity contribution in [2.75, 3.05) is 6.61 Å². The highest BCUT2D eigenvalue weighted by Crippen LogP contribution is 2.59. The Morgan fingerprint density at radius 1 is 1.19 bits per heavy atom. The van der Waals surface area contributed by atoms with Crippen LogP contribution in [-0.4, -0.2) is 27.9 Å². The first kappa shape index (κ1) is 19.6. The molecule has 0 saturated heterocycles. The van der Waals surface area contributed by atoms with Crippen molar-refractivity contribution in [2.24, 2.45) is 0 Å². The third kappa shape index (κ3) is 3.15. The molecule has 6 heteroatoms. The first-order chi connectivity index (χ1) is 15.0. The molecule has 2 bridgehead atoms. The molecule has 0 radical (unpaired) electrons. The summed E-state index contributed by atoms with van der Waals surface area (Å²) < 4.78 is 20.3. The predicted molar refractivity (Wildman–Crippen MR) is 113 cm³/mol. The van der Waals surface area contributed by atoms with Crippen molar-refractivity contribution in [2.45, 2.75) is 30.8 Å². The number of rotatable bonds is 6. The summed E-state index contributed by atoms with van der Waals surface area (Å²) in [5.74, 6) is -1.07. The molecular weight excluding hydrogens is 395 g/mol. The van der Waals surface area contributed by atoms with E-state index in [0.717, 1.165) is 35.2 Å². The summed E-state index contributed by atoms with van der Waals surface area (Å²) in [6.45, 7) is 5.16. The molecule has 0 amide bonds. The second kappa shape index (κ2) is 7.39. The minimum absolute atomic E-state index is 0.189. The van der Waals surface area contributed by atoms with Gasteiger partial charge in [-0.1, -0.05) is 36.4 Å². The van der Waals surface area contributed by atoms with Gasteiger partial charge in [-0.3, -0.25) is 0 Å². The zero-order valence-electron chi connectivity index (χ0n) is 16.8. The van der Waals surface area contributed by atoms with Gasteiger partial charge in [0.1, 0.15) is 5.82 Å². The average Bonchev–Trinajstić information content (AvgIpc) is 3.22. The average molecular weight is 416 g/mol. The molecule has 1 saturated carbocycles. The molecule has 2 aromatic carbocycles. The van der Waals surface area contributed by atoms with E-state index in [1.807, 2.05) is 6.07 Å². The van der Waals surface area contributed by atoms with Crippen LogP contribution in [0.4, 0.5) is 4.39 Å². The van der Waals surface area contributed by atoms with Crippen LogP contribution in [0.15, 0.2) is 66.7 Å². The van der Waals surface area contributed by atoms with Gasteiger partial charge in [-0.05, 0) is 54.3 Å². The molecule has 2 aliphatic carbocycles. The number of fused-ring (bicyclic) bond motifs is 5. The van der Waals surface area contributed by atoms with Crippen molar-refractivity contribution >= 4 is 5.97 Å². The third-order valence-electron chi connectivity index (χ3n) is 6.52. The molecule has 0 aliphatic heterocycles. The summed E-state index contributed by atoms with van der Waals surface area (Å²) in [5, 5.41) is 17.9. The van der Waals surface area contributed by atoms with Crippen LogP contribution in [0.25, 0.3) is 11.3 Å². The van der Waals surface area contributed by atoms with E-state index in [9.17, 15) is 9.18 Å². The summed E-state index contributed by atoms with van der Waals surface area (Å²) >= 11 is 0. The van der Waals surface area contributed by atoms with Gasteiger partial charge in [0.2, 0.25) is 0 Å². The fourth-order valence-electron chi connectivity index (χ4n) is 4.84. The number of carbonyl (C=O) groups is 1. The molecule has 5 nitrogen and oxygen atoms in total. The molecule has 5 rings (SSSR count). The number of halogens is 1. The van der Waals surface area contributed by atoms with Crippen LogP contribution in [0.3, 0.4) is 0 Å². The number of nitrogens with zero attached hydrogens (tertiary/aromatic N) is 2. The molecule has 0 spiro atoms. The van der Waals surface area contributed by atoms with Gasteiger partial charge in [0, 0.05) is 11.5 Å². The lowest BCUT2D eigenvalue weighted by molar-refractivity contribution is 0.0696. The molecule has 3 aromatic rings. The van der Waals surface area contributed by atoms with Crippen LogP contribution >= 0.6 is 0 Å². The van der Waals surface area contributed by atoms with Gasteiger partial charge in [0.05, 0.1) is 35.6 Å². The maximum Gasteiger partial charge on any atom is 0.335 e. The van der Waals surface area contributed by atoms with Crippen molar-refractivity contribution in [3.05, 3.63) is 95.0 Å². The van der Waals surface area contributed by atoms with Gasteiger partial charge in [-0.25, -0.2) is 9.18 Å². The molecule has 1 N–H and O–H groups in total. The lowest BCUT2D eigenvalue weighted by Gasteiger charge is -2.27. The molecule has 1 heterocycles. The molecular formula is C25H21FN2O3. The fraction of sp³-hybridized carbons (Fsp3) is 0.240. The number of ether oxygens (including phenoxy) is 1. The van der Waals surface area contributed by atoms with Crippen molar-refractivity contribution in [1.29, 1.82) is 0 Å². The van der Waals surface area contributed by atoms with Gasteiger partial charge >= 0.3 is 5.97 Å². The summed E-state index contributed by atoms with van der Waals surface area (Å²) in [4.78, 5) is 11.0. The van der Waals surface area contributed by atoms with E-state index < -0.39 is 5.97 Å². The Hall–Kier alpha value is -3.38. The Labute approximate surface area is 179 Å². The number of hydrogen-bond donors (Lipinski definition) is 1. The Kier molecular flexibility index (Phi) is 4.67. The lowest BCUT2D eigenvalue weighted by atomic mass is 9.82. The molecule has 1 fully saturated rings. The predicted octanol–water partition coefficient (Wildman–Crippen LogP) is 4.88. The van der Waals surface area contributed by atoms with Crippen molar-refractivity contribution < 1.29 is 19.0 Å². The summed E-state index contributed by atoms with van der Waals surface area (Å²) in [6.07, 6.45) is 1.86. The van der Waals surface area contributed by atoms with Gasteiger partial charge in [0.15, 0.2) is 0 Å². The zero-order chi connectivity index (χ0) is 21.6. The van der Waals surface area contributed by atoms with Gasteiger partial charge in [-0.2, -0.15) is 10.2 Å². The normalized spacial score (nSPS) is 21.3. The van der Waals surface area contributed by atoms with Gasteiger partial charge in [-0.15, -0.1) is 0 Å². The van der Waals surface area contributed by atoms with Crippen molar-refractivity contribution in [1.82, 2.24) is 10.2 Å². The van der Waals surface area contributed by atoms with E-state index in [2.05, 4.69) is 16.8 Å². The number of carboxylic acids is 1. The van der Waals surface area contributed by atoms with Crippen LogP contribution in [0, 0.1) is 5.82 Å². The van der Waals surface area contributed by atoms with Crippen LogP contribution in [0.1, 0.15) is 45.9 Å². The first-order valence-electron chi connectivity index (χ1n) is 10.2. The molecule has 31 heavy (non-hydrogen) atoms. The SMILES string of the molecule is C=C1[C@@H]2CC[C@@]1(COCc1ccc(C(=O)O)cc1)c1nnc(-c3ccccc3F)cc12. The molecule has 2 atom stereocenters. The summed E-state index contributed by atoms with van der Waals surface area (Å²) in [6, 6.07) is 15.2. The Balaban J connectivity index is 1.37. The van der Waals surface area contributed by atoms with E-state index in [-0.39, 0.29) is 22.7 Å². The van der Waals surface area contributed by atoms with E-state index in [1.165, 1.54) is 6.07 Å². The second-order valence-corrected chi connectivity index (χ2v) is 8.21. The van der Waals surface area contributed by atoms with E-state index in [1.54, 1.807) is 42.5 Å². The minimum atomic E-state index is -0.949. The third-order valence-corrected chi connectivity index (χ3v) is 6.52. The van der Waals surface area contributed by atoms with Gasteiger partial charge in [0.25, 0.3) is 0 Å². The maximum absolute atomic E-state index is 14.2. The Bertz CT molecular complexity index is 1190. The first-order valence-corrected chi connectivity index (χ1v) is 10.2. The number of carboxylic acid groups (broad SMARTS) is 1. The molecule has 2 aliphatic rings. The van der Waals surface area contributed by atoms with E-state index in [4.69, 9.17) is 9.84 Å². The van der Waals surface area contributed by atoms with Gasteiger partial charge < -0.3 is 9.84 Å². The van der Waals surface area contributed by atoms with E-state index in [0.29, 0.717) is 24.5 Å². The van der Waals surface area contributed by atoms with E-state index >= 15 is 0 Å². The maximum atomic E-state index is 14.2. The van der Waals surface area contributed by atoms with Crippen LogP contribution in [0.5, 0.6) is 0 Å². The van der Waals surface area contributed by atoms with Crippen LogP contribution < -0.4 is 0 Å². The highest BCUT2D eigenvalue weighted by Gasteiger charge is 2.54. The zero-order valence-corrected chi connectivity index (χ0v) is 16.8. The number of hydrogen-bond acceptors (Lipinski definition) is 4. The minimum Gasteiger partial charge on any atom is -0.478 e. The molecule has 0 unspecified atom stereocenters. The monoisotopic (exact) mass is 416 g/mol. The lowest BCUT2D eigenvalue weighted by Crippen LogP contribution is -2.30. The Morgan fingerprint density at radius 2 is 1.97 bits per heavy atom. The quantitative estimate of drug-likeness (QED) is 0.580. The second-order valence-electron chi connectivity index (χ2n) is 8.21. The number of benzene rings is 2. The summed E-state index contributed by atoms with van der Waals surface area (Å²) in [5.41, 5.74) is 4.80. The highest BCUT2D eigenvalue weighted by molar-refractivity contribution is 5.87. The molecule has 156 valence electrons. The Morgan fingerprint density at radius 3 is 2.71 bits per heavy atom. The van der Waals surface area contributed by atoms with Crippen LogP contribution in [-0.2, 0) is 16.8 Å². The smallest absolute Gasteiger partial charge is 0.335 e. The number of aromatic carboxylic acids is 1. The molecule has 1 aromatic heterocycles. The van der Waals surface area contributed by atoms with Crippen molar-refractivity contribution in [3.63, 3.8) is 0 Å². The highest BCUT2D eigenvalue weighted by atomic mass is 19.1. The standard InChI is InChI=1S/C25H21FN2O3/c1-15-18-10-11-25(15,14-31-13-16-6-8-17(9-7-16)24(29)30)23-20(18)12-22(27-28-23)19-4-2-3-5-21(19)26/h2-9,12,18H,1,10-11,13-14H2,(H,29,30)/t18-,25-/m0/s1. The summed E-state index contributed by atoms with van der Waals surface area (Å²) in [7, 11) is 0.